The van der Waals surface area contributed by atoms with E-state index in [1.807, 2.05) is 58.0 Å². The van der Waals surface area contributed by atoms with E-state index in [9.17, 15) is 9.59 Å². The Balaban J connectivity index is 2.42. The molecule has 0 saturated heterocycles. The van der Waals surface area contributed by atoms with Gasteiger partial charge in [0.1, 0.15) is 5.01 Å². The first-order chi connectivity index (χ1) is 13.8. The Labute approximate surface area is 174 Å². The number of esters is 2. The highest BCUT2D eigenvalue weighted by Crippen LogP contribution is 2.51. The number of rotatable bonds is 4. The average molecular weight is 415 g/mol. The first kappa shape index (κ1) is 21.0. The summed E-state index contributed by atoms with van der Waals surface area (Å²) in [5.74, 6) is -1.52. The number of methoxy groups -OCH3 is 2. The van der Waals surface area contributed by atoms with Crippen LogP contribution in [-0.2, 0) is 24.5 Å². The Hall–Kier alpha value is -2.67. The topological polar surface area (TPSA) is 77.5 Å². The molecule has 29 heavy (non-hydrogen) atoms. The third kappa shape index (κ3) is 3.23. The van der Waals surface area contributed by atoms with Gasteiger partial charge in [0.05, 0.1) is 25.5 Å². The number of hydrogen-bond acceptors (Lipinski definition) is 7. The molecule has 0 spiro atoms. The van der Waals surface area contributed by atoms with Crippen LogP contribution in [0.3, 0.4) is 0 Å². The van der Waals surface area contributed by atoms with Crippen molar-refractivity contribution in [3.05, 3.63) is 62.7 Å². The van der Waals surface area contributed by atoms with Crippen LogP contribution in [0.25, 0.3) is 0 Å². The van der Waals surface area contributed by atoms with Crippen molar-refractivity contribution in [2.24, 2.45) is 0 Å². The van der Waals surface area contributed by atoms with Crippen LogP contribution >= 0.6 is 11.3 Å². The number of aromatic nitrogens is 1. The lowest BCUT2D eigenvalue weighted by Crippen LogP contribution is -2.60. The molecule has 0 bridgehead atoms. The Morgan fingerprint density at radius 1 is 1.10 bits per heavy atom. The zero-order valence-corrected chi connectivity index (χ0v) is 18.3. The molecule has 154 valence electrons. The first-order valence-electron chi connectivity index (χ1n) is 9.42. The zero-order chi connectivity index (χ0) is 21.3. The van der Waals surface area contributed by atoms with Crippen molar-refractivity contribution in [2.45, 2.75) is 45.1 Å². The van der Waals surface area contributed by atoms with E-state index >= 15 is 0 Å². The standard InChI is InChI=1S/C22H26N2O4S/c1-12-14(3)29-20(24-12)22(21(26)28-6)15(4)23-13(2)17(19(25)27-5)18(22)16-10-8-7-9-11-16/h7-11,15,18,23H,1-6H3. The van der Waals surface area contributed by atoms with E-state index in [2.05, 4.69) is 5.32 Å². The van der Waals surface area contributed by atoms with Crippen molar-refractivity contribution in [1.29, 1.82) is 0 Å². The number of thiazole rings is 1. The fraction of sp³-hybridized carbons (Fsp3) is 0.409. The summed E-state index contributed by atoms with van der Waals surface area (Å²) in [6, 6.07) is 9.17. The van der Waals surface area contributed by atoms with Gasteiger partial charge >= 0.3 is 11.9 Å². The van der Waals surface area contributed by atoms with Gasteiger partial charge in [-0.05, 0) is 33.3 Å². The van der Waals surface area contributed by atoms with E-state index in [0.717, 1.165) is 16.1 Å². The highest BCUT2D eigenvalue weighted by molar-refractivity contribution is 7.12. The van der Waals surface area contributed by atoms with Gasteiger partial charge in [-0.25, -0.2) is 9.78 Å². The van der Waals surface area contributed by atoms with Gasteiger partial charge in [-0.15, -0.1) is 11.3 Å². The number of hydrogen-bond donors (Lipinski definition) is 1. The third-order valence-corrected chi connectivity index (χ3v) is 6.93. The van der Waals surface area contributed by atoms with Gasteiger partial charge in [0.15, 0.2) is 5.41 Å². The minimum absolute atomic E-state index is 0.362. The first-order valence-corrected chi connectivity index (χ1v) is 10.2. The summed E-state index contributed by atoms with van der Waals surface area (Å²) in [4.78, 5) is 32.1. The fourth-order valence-corrected chi connectivity index (χ4v) is 5.39. The van der Waals surface area contributed by atoms with Crippen molar-refractivity contribution in [3.63, 3.8) is 0 Å². The van der Waals surface area contributed by atoms with Crippen molar-refractivity contribution < 1.29 is 19.1 Å². The smallest absolute Gasteiger partial charge is 0.336 e. The molecule has 3 atom stereocenters. The van der Waals surface area contributed by atoms with Gasteiger partial charge in [-0.3, -0.25) is 4.79 Å². The van der Waals surface area contributed by atoms with E-state index in [1.165, 1.54) is 25.6 Å². The molecule has 2 aromatic rings. The second-order valence-electron chi connectivity index (χ2n) is 7.26. The minimum Gasteiger partial charge on any atom is -0.468 e. The molecule has 1 aromatic carbocycles. The zero-order valence-electron chi connectivity index (χ0n) is 17.5. The molecule has 1 aromatic heterocycles. The Kier molecular flexibility index (Phi) is 5.80. The second-order valence-corrected chi connectivity index (χ2v) is 8.46. The molecule has 3 unspecified atom stereocenters. The summed E-state index contributed by atoms with van der Waals surface area (Å²) in [6.07, 6.45) is 0. The van der Waals surface area contributed by atoms with Gasteiger partial charge in [-0.2, -0.15) is 0 Å². The molecule has 1 N–H and O–H groups in total. The number of carbonyl (C=O) groups is 2. The van der Waals surface area contributed by atoms with E-state index in [4.69, 9.17) is 14.5 Å². The van der Waals surface area contributed by atoms with Crippen LogP contribution in [-0.4, -0.2) is 37.2 Å². The summed E-state index contributed by atoms with van der Waals surface area (Å²) in [6.45, 7) is 7.65. The quantitative estimate of drug-likeness (QED) is 0.773. The SMILES string of the molecule is COC(=O)C1=C(C)NC(C)C(C(=O)OC)(c2nc(C)c(C)s2)C1c1ccccc1. The van der Waals surface area contributed by atoms with Crippen LogP contribution in [0.2, 0.25) is 0 Å². The van der Waals surface area contributed by atoms with E-state index in [-0.39, 0.29) is 6.04 Å². The second kappa shape index (κ2) is 7.99. The highest BCUT2D eigenvalue weighted by atomic mass is 32.1. The average Bonchev–Trinajstić information content (AvgIpc) is 3.05. The van der Waals surface area contributed by atoms with Crippen molar-refractivity contribution in [2.75, 3.05) is 14.2 Å². The molecule has 3 rings (SSSR count). The number of carbonyl (C=O) groups excluding carboxylic acids is 2. The molecule has 0 radical (unpaired) electrons. The molecular formula is C22H26N2O4S. The molecule has 0 fully saturated rings. The van der Waals surface area contributed by atoms with Gasteiger partial charge in [0.25, 0.3) is 0 Å². The van der Waals surface area contributed by atoms with Crippen LogP contribution in [0.15, 0.2) is 41.6 Å². The summed E-state index contributed by atoms with van der Waals surface area (Å²) >= 11 is 1.46. The number of allylic oxidation sites excluding steroid dienone is 1. The van der Waals surface area contributed by atoms with Crippen molar-refractivity contribution in [3.8, 4) is 0 Å². The van der Waals surface area contributed by atoms with E-state index in [0.29, 0.717) is 16.3 Å². The molecule has 2 heterocycles. The lowest BCUT2D eigenvalue weighted by molar-refractivity contribution is -0.150. The molecular weight excluding hydrogens is 388 g/mol. The molecule has 0 amide bonds. The van der Waals surface area contributed by atoms with Crippen LogP contribution in [0.1, 0.15) is 40.9 Å². The highest BCUT2D eigenvalue weighted by Gasteiger charge is 2.60. The summed E-state index contributed by atoms with van der Waals surface area (Å²) in [5, 5.41) is 3.95. The molecule has 0 saturated carbocycles. The van der Waals surface area contributed by atoms with Crippen LogP contribution < -0.4 is 5.32 Å². The predicted octanol–water partition coefficient (Wildman–Crippen LogP) is 3.39. The normalized spacial score (nSPS) is 24.1. The Morgan fingerprint density at radius 3 is 2.28 bits per heavy atom. The van der Waals surface area contributed by atoms with Crippen LogP contribution in [0.4, 0.5) is 0 Å². The summed E-state index contributed by atoms with van der Waals surface area (Å²) in [5.41, 5.74) is 1.56. The summed E-state index contributed by atoms with van der Waals surface area (Å²) in [7, 11) is 2.72. The fourth-order valence-electron chi connectivity index (χ4n) is 4.18. The van der Waals surface area contributed by atoms with E-state index in [1.54, 1.807) is 0 Å². The number of benzene rings is 1. The number of ether oxygens (including phenoxy) is 2. The molecule has 1 aliphatic heterocycles. The number of nitrogens with zero attached hydrogens (tertiary/aromatic N) is 1. The van der Waals surface area contributed by atoms with Gasteiger partial charge in [-0.1, -0.05) is 30.3 Å². The lowest BCUT2D eigenvalue weighted by Gasteiger charge is -2.46. The predicted molar refractivity (Wildman–Crippen MR) is 112 cm³/mol. The van der Waals surface area contributed by atoms with E-state index < -0.39 is 23.3 Å². The van der Waals surface area contributed by atoms with Crippen molar-refractivity contribution in [1.82, 2.24) is 10.3 Å². The third-order valence-electron chi connectivity index (χ3n) is 5.71. The maximum absolute atomic E-state index is 13.5. The summed E-state index contributed by atoms with van der Waals surface area (Å²) < 4.78 is 10.4. The monoisotopic (exact) mass is 414 g/mol. The van der Waals surface area contributed by atoms with Crippen molar-refractivity contribution >= 4 is 23.3 Å². The minimum atomic E-state index is -1.22. The number of nitrogens with one attached hydrogen (secondary N) is 1. The van der Waals surface area contributed by atoms with Gasteiger partial charge < -0.3 is 14.8 Å². The van der Waals surface area contributed by atoms with Gasteiger partial charge in [0.2, 0.25) is 0 Å². The molecule has 1 aliphatic rings. The maximum Gasteiger partial charge on any atom is 0.336 e. The molecule has 6 nitrogen and oxygen atoms in total. The lowest BCUT2D eigenvalue weighted by atomic mass is 9.62. The largest absolute Gasteiger partial charge is 0.468 e. The van der Waals surface area contributed by atoms with Crippen LogP contribution in [0, 0.1) is 13.8 Å². The molecule has 0 aliphatic carbocycles. The Bertz CT molecular complexity index is 947. The van der Waals surface area contributed by atoms with Crippen LogP contribution in [0.5, 0.6) is 0 Å². The molecule has 7 heteroatoms. The number of aryl methyl sites for hydroxylation is 2. The Morgan fingerprint density at radius 2 is 1.76 bits per heavy atom. The maximum atomic E-state index is 13.5. The van der Waals surface area contributed by atoms with Gasteiger partial charge in [0, 0.05) is 22.5 Å².